The second-order valence-corrected chi connectivity index (χ2v) is 5.84. The molecule has 118 valence electrons. The van der Waals surface area contributed by atoms with Crippen LogP contribution in [0.25, 0.3) is 11.4 Å². The van der Waals surface area contributed by atoms with E-state index >= 15 is 0 Å². The number of hydrogen-bond acceptors (Lipinski definition) is 5. The van der Waals surface area contributed by atoms with E-state index in [1.54, 1.807) is 26.1 Å². The van der Waals surface area contributed by atoms with Crippen molar-refractivity contribution in [3.05, 3.63) is 30.3 Å². The second kappa shape index (κ2) is 7.95. The molecule has 0 aliphatic carbocycles. The van der Waals surface area contributed by atoms with Gasteiger partial charge in [0.15, 0.2) is 11.0 Å². The van der Waals surface area contributed by atoms with Gasteiger partial charge in [-0.15, -0.1) is 10.2 Å². The number of thioether (sulfide) groups is 1. The minimum atomic E-state index is 0.0487. The third kappa shape index (κ3) is 4.08. The van der Waals surface area contributed by atoms with Gasteiger partial charge in [-0.25, -0.2) is 0 Å². The van der Waals surface area contributed by atoms with Crippen molar-refractivity contribution in [1.82, 2.24) is 19.7 Å². The van der Waals surface area contributed by atoms with Gasteiger partial charge in [-0.1, -0.05) is 42.1 Å². The number of rotatable bonds is 7. The van der Waals surface area contributed by atoms with Crippen LogP contribution >= 0.6 is 11.8 Å². The van der Waals surface area contributed by atoms with Gasteiger partial charge in [-0.3, -0.25) is 9.36 Å². The first kappa shape index (κ1) is 16.5. The number of carbonyl (C=O) groups is 1. The summed E-state index contributed by atoms with van der Waals surface area (Å²) in [5.41, 5.74) is 0.997. The van der Waals surface area contributed by atoms with E-state index in [1.165, 1.54) is 11.8 Å². The molecule has 0 radical (unpaired) electrons. The summed E-state index contributed by atoms with van der Waals surface area (Å²) in [4.78, 5) is 13.3. The zero-order valence-electron chi connectivity index (χ0n) is 13.0. The van der Waals surface area contributed by atoms with Gasteiger partial charge in [-0.05, 0) is 0 Å². The number of ether oxygens (including phenoxy) is 1. The lowest BCUT2D eigenvalue weighted by Gasteiger charge is -2.11. The summed E-state index contributed by atoms with van der Waals surface area (Å²) in [7, 11) is 5.15. The predicted octanol–water partition coefficient (Wildman–Crippen LogP) is 1.77. The van der Waals surface area contributed by atoms with Gasteiger partial charge in [0.05, 0.1) is 18.9 Å². The van der Waals surface area contributed by atoms with E-state index in [0.29, 0.717) is 18.9 Å². The molecule has 0 spiro atoms. The number of hydrogen-bond donors (Lipinski definition) is 0. The maximum atomic E-state index is 11.7. The smallest absolute Gasteiger partial charge is 0.232 e. The SMILES string of the molecule is COCCn1c(SCC(=O)N(C)C)nnc1-c1ccccc1. The van der Waals surface area contributed by atoms with Gasteiger partial charge >= 0.3 is 0 Å². The first-order chi connectivity index (χ1) is 10.6. The Labute approximate surface area is 134 Å². The van der Waals surface area contributed by atoms with E-state index in [2.05, 4.69) is 10.2 Å². The number of benzene rings is 1. The Balaban J connectivity index is 2.22. The van der Waals surface area contributed by atoms with Crippen LogP contribution in [0.15, 0.2) is 35.5 Å². The molecule has 2 aromatic rings. The lowest BCUT2D eigenvalue weighted by atomic mass is 10.2. The van der Waals surface area contributed by atoms with Crippen molar-refractivity contribution in [2.24, 2.45) is 0 Å². The van der Waals surface area contributed by atoms with Gasteiger partial charge in [0, 0.05) is 26.8 Å². The molecule has 0 N–H and O–H groups in total. The Morgan fingerprint density at radius 3 is 2.64 bits per heavy atom. The molecule has 0 saturated heterocycles. The van der Waals surface area contributed by atoms with Crippen LogP contribution in [-0.2, 0) is 16.1 Å². The third-order valence-electron chi connectivity index (χ3n) is 3.09. The zero-order valence-corrected chi connectivity index (χ0v) is 13.8. The van der Waals surface area contributed by atoms with Crippen LogP contribution in [0.4, 0.5) is 0 Å². The van der Waals surface area contributed by atoms with E-state index in [-0.39, 0.29) is 5.91 Å². The van der Waals surface area contributed by atoms with Gasteiger partial charge in [0.25, 0.3) is 0 Å². The molecule has 0 bridgehead atoms. The summed E-state index contributed by atoms with van der Waals surface area (Å²) in [6, 6.07) is 9.88. The van der Waals surface area contributed by atoms with E-state index in [1.807, 2.05) is 34.9 Å². The number of amides is 1. The molecule has 6 nitrogen and oxygen atoms in total. The fourth-order valence-electron chi connectivity index (χ4n) is 1.84. The lowest BCUT2D eigenvalue weighted by Crippen LogP contribution is -2.23. The Morgan fingerprint density at radius 2 is 2.00 bits per heavy atom. The maximum absolute atomic E-state index is 11.7. The Bertz CT molecular complexity index is 613. The Hall–Kier alpha value is -1.86. The van der Waals surface area contributed by atoms with Gasteiger partial charge < -0.3 is 9.64 Å². The number of carbonyl (C=O) groups excluding carboxylic acids is 1. The highest BCUT2D eigenvalue weighted by molar-refractivity contribution is 7.99. The minimum absolute atomic E-state index is 0.0487. The highest BCUT2D eigenvalue weighted by atomic mass is 32.2. The Kier molecular flexibility index (Phi) is 5.97. The van der Waals surface area contributed by atoms with Crippen LogP contribution in [-0.4, -0.2) is 59.1 Å². The second-order valence-electron chi connectivity index (χ2n) is 4.89. The van der Waals surface area contributed by atoms with Crippen LogP contribution in [0.2, 0.25) is 0 Å². The summed E-state index contributed by atoms with van der Waals surface area (Å²) in [5, 5.41) is 9.23. The van der Waals surface area contributed by atoms with Crippen molar-refractivity contribution in [2.45, 2.75) is 11.7 Å². The molecule has 2 rings (SSSR count). The molecule has 22 heavy (non-hydrogen) atoms. The molecule has 1 aromatic carbocycles. The largest absolute Gasteiger partial charge is 0.383 e. The molecule has 0 unspecified atom stereocenters. The quantitative estimate of drug-likeness (QED) is 0.728. The fraction of sp³-hybridized carbons (Fsp3) is 0.400. The highest BCUT2D eigenvalue weighted by Gasteiger charge is 2.15. The third-order valence-corrected chi connectivity index (χ3v) is 4.04. The predicted molar refractivity (Wildman–Crippen MR) is 86.8 cm³/mol. The van der Waals surface area contributed by atoms with Gasteiger partial charge in [0.2, 0.25) is 5.91 Å². The van der Waals surface area contributed by atoms with E-state index in [9.17, 15) is 4.79 Å². The summed E-state index contributed by atoms with van der Waals surface area (Å²) < 4.78 is 7.16. The molecular weight excluding hydrogens is 300 g/mol. The first-order valence-corrected chi connectivity index (χ1v) is 7.92. The normalized spacial score (nSPS) is 10.7. The average Bonchev–Trinajstić information content (AvgIpc) is 2.94. The molecule has 0 atom stereocenters. The molecule has 1 amide bonds. The van der Waals surface area contributed by atoms with Crippen LogP contribution in [0.1, 0.15) is 0 Å². The van der Waals surface area contributed by atoms with Crippen molar-refractivity contribution in [2.75, 3.05) is 33.6 Å². The van der Waals surface area contributed by atoms with Crippen LogP contribution in [0, 0.1) is 0 Å². The molecule has 0 aliphatic heterocycles. The zero-order chi connectivity index (χ0) is 15.9. The maximum Gasteiger partial charge on any atom is 0.232 e. The summed E-state index contributed by atoms with van der Waals surface area (Å²) >= 11 is 1.39. The van der Waals surface area contributed by atoms with Crippen molar-refractivity contribution in [1.29, 1.82) is 0 Å². The van der Waals surface area contributed by atoms with Crippen LogP contribution < -0.4 is 0 Å². The fourth-order valence-corrected chi connectivity index (χ4v) is 2.78. The van der Waals surface area contributed by atoms with Crippen molar-refractivity contribution in [3.63, 3.8) is 0 Å². The standard InChI is InChI=1S/C15H20N4O2S/c1-18(2)13(20)11-22-15-17-16-14(19(15)9-10-21-3)12-7-5-4-6-8-12/h4-8H,9-11H2,1-3H3. The summed E-state index contributed by atoms with van der Waals surface area (Å²) in [5.74, 6) is 1.18. The van der Waals surface area contributed by atoms with Gasteiger partial charge in [0.1, 0.15) is 0 Å². The van der Waals surface area contributed by atoms with Crippen molar-refractivity contribution >= 4 is 17.7 Å². The monoisotopic (exact) mass is 320 g/mol. The average molecular weight is 320 g/mol. The summed E-state index contributed by atoms with van der Waals surface area (Å²) in [6.07, 6.45) is 0. The molecular formula is C15H20N4O2S. The molecule has 0 saturated carbocycles. The van der Waals surface area contributed by atoms with Crippen LogP contribution in [0.5, 0.6) is 0 Å². The minimum Gasteiger partial charge on any atom is -0.383 e. The van der Waals surface area contributed by atoms with E-state index in [4.69, 9.17) is 4.74 Å². The summed E-state index contributed by atoms with van der Waals surface area (Å²) in [6.45, 7) is 1.21. The Morgan fingerprint density at radius 1 is 1.27 bits per heavy atom. The highest BCUT2D eigenvalue weighted by Crippen LogP contribution is 2.23. The molecule has 0 fully saturated rings. The number of methoxy groups -OCH3 is 1. The topological polar surface area (TPSA) is 60.2 Å². The molecule has 1 aromatic heterocycles. The van der Waals surface area contributed by atoms with E-state index < -0.39 is 0 Å². The van der Waals surface area contributed by atoms with Crippen molar-refractivity contribution < 1.29 is 9.53 Å². The van der Waals surface area contributed by atoms with E-state index in [0.717, 1.165) is 16.5 Å². The number of nitrogens with zero attached hydrogens (tertiary/aromatic N) is 4. The number of aromatic nitrogens is 3. The van der Waals surface area contributed by atoms with Crippen LogP contribution in [0.3, 0.4) is 0 Å². The molecule has 0 aliphatic rings. The van der Waals surface area contributed by atoms with Gasteiger partial charge in [-0.2, -0.15) is 0 Å². The lowest BCUT2D eigenvalue weighted by molar-refractivity contribution is -0.125. The molecule has 7 heteroatoms. The molecule has 1 heterocycles. The first-order valence-electron chi connectivity index (χ1n) is 6.94. The van der Waals surface area contributed by atoms with Crippen molar-refractivity contribution in [3.8, 4) is 11.4 Å².